The van der Waals surface area contributed by atoms with E-state index in [1.807, 2.05) is 17.7 Å². The summed E-state index contributed by atoms with van der Waals surface area (Å²) in [5.41, 5.74) is 5.87. The standard InChI is InChI=1S/C11H15N5O2S/c1-7(4-16-3-2-13-6-16)14-11-15-8(5-19-11)9(12)10(17)18/h2-3,5-7,9H,4,12H2,1H3,(H,14,15)(H,17,18). The fourth-order valence-corrected chi connectivity index (χ4v) is 2.45. The predicted molar refractivity (Wildman–Crippen MR) is 72.0 cm³/mol. The van der Waals surface area contributed by atoms with Gasteiger partial charge < -0.3 is 20.7 Å². The van der Waals surface area contributed by atoms with E-state index in [1.54, 1.807) is 17.9 Å². The molecule has 0 amide bonds. The van der Waals surface area contributed by atoms with Gasteiger partial charge in [0.15, 0.2) is 5.13 Å². The molecule has 4 N–H and O–H groups in total. The van der Waals surface area contributed by atoms with E-state index in [4.69, 9.17) is 10.8 Å². The zero-order valence-electron chi connectivity index (χ0n) is 10.4. The van der Waals surface area contributed by atoms with Gasteiger partial charge in [-0.3, -0.25) is 4.79 Å². The Bertz CT molecular complexity index is 539. The molecule has 0 saturated carbocycles. The van der Waals surface area contributed by atoms with Gasteiger partial charge in [0, 0.05) is 30.4 Å². The molecule has 2 heterocycles. The van der Waals surface area contributed by atoms with Crippen molar-refractivity contribution >= 4 is 22.4 Å². The highest BCUT2D eigenvalue weighted by Gasteiger charge is 2.18. The van der Waals surface area contributed by atoms with E-state index in [0.717, 1.165) is 6.54 Å². The third-order valence-corrected chi connectivity index (χ3v) is 3.31. The fourth-order valence-electron chi connectivity index (χ4n) is 1.59. The first kappa shape index (κ1) is 13.5. The molecule has 19 heavy (non-hydrogen) atoms. The monoisotopic (exact) mass is 281 g/mol. The fraction of sp³-hybridized carbons (Fsp3) is 0.364. The molecule has 2 aromatic heterocycles. The lowest BCUT2D eigenvalue weighted by Gasteiger charge is -2.13. The molecule has 2 rings (SSSR count). The van der Waals surface area contributed by atoms with Crippen molar-refractivity contribution in [3.05, 3.63) is 29.8 Å². The minimum atomic E-state index is -1.08. The summed E-state index contributed by atoms with van der Waals surface area (Å²) in [5, 5.41) is 14.3. The first-order valence-corrected chi connectivity index (χ1v) is 6.60. The lowest BCUT2D eigenvalue weighted by Crippen LogP contribution is -2.22. The van der Waals surface area contributed by atoms with E-state index in [9.17, 15) is 4.79 Å². The number of nitrogens with two attached hydrogens (primary N) is 1. The molecule has 102 valence electrons. The lowest BCUT2D eigenvalue weighted by molar-refractivity contribution is -0.138. The minimum absolute atomic E-state index is 0.147. The molecular formula is C11H15N5O2S. The molecule has 2 atom stereocenters. The number of carbonyl (C=O) groups is 1. The van der Waals surface area contributed by atoms with Gasteiger partial charge in [0.05, 0.1) is 12.0 Å². The maximum Gasteiger partial charge on any atom is 0.326 e. The number of imidazole rings is 1. The van der Waals surface area contributed by atoms with Gasteiger partial charge >= 0.3 is 5.97 Å². The number of anilines is 1. The molecule has 2 unspecified atom stereocenters. The molecule has 2 aromatic rings. The van der Waals surface area contributed by atoms with Crippen molar-refractivity contribution in [1.82, 2.24) is 14.5 Å². The third kappa shape index (κ3) is 3.52. The van der Waals surface area contributed by atoms with Crippen molar-refractivity contribution in [1.29, 1.82) is 0 Å². The molecule has 0 aliphatic rings. The average molecular weight is 281 g/mol. The Morgan fingerprint density at radius 1 is 1.68 bits per heavy atom. The van der Waals surface area contributed by atoms with E-state index in [-0.39, 0.29) is 6.04 Å². The normalized spacial score (nSPS) is 14.0. The quantitative estimate of drug-likeness (QED) is 0.727. The van der Waals surface area contributed by atoms with Crippen LogP contribution in [0.15, 0.2) is 24.1 Å². The largest absolute Gasteiger partial charge is 0.480 e. The molecule has 0 saturated heterocycles. The summed E-state index contributed by atoms with van der Waals surface area (Å²) in [4.78, 5) is 18.9. The highest BCUT2D eigenvalue weighted by atomic mass is 32.1. The average Bonchev–Trinajstić information content (AvgIpc) is 2.99. The number of nitrogens with one attached hydrogen (secondary N) is 1. The number of hydrogen-bond donors (Lipinski definition) is 3. The smallest absolute Gasteiger partial charge is 0.326 e. The number of aliphatic carboxylic acids is 1. The van der Waals surface area contributed by atoms with Gasteiger partial charge in [0.25, 0.3) is 0 Å². The highest BCUT2D eigenvalue weighted by molar-refractivity contribution is 7.13. The maximum absolute atomic E-state index is 10.8. The predicted octanol–water partition coefficient (Wildman–Crippen LogP) is 0.925. The lowest BCUT2D eigenvalue weighted by atomic mass is 10.2. The van der Waals surface area contributed by atoms with Crippen LogP contribution in [0.3, 0.4) is 0 Å². The van der Waals surface area contributed by atoms with E-state index < -0.39 is 12.0 Å². The van der Waals surface area contributed by atoms with Crippen molar-refractivity contribution < 1.29 is 9.90 Å². The van der Waals surface area contributed by atoms with Crippen LogP contribution in [0.2, 0.25) is 0 Å². The Hall–Kier alpha value is -1.93. The second-order valence-corrected chi connectivity index (χ2v) is 5.06. The number of carboxylic acid groups (broad SMARTS) is 1. The van der Waals surface area contributed by atoms with Crippen molar-refractivity contribution in [3.8, 4) is 0 Å². The first-order chi connectivity index (χ1) is 9.06. The van der Waals surface area contributed by atoms with Crippen molar-refractivity contribution in [2.24, 2.45) is 5.73 Å². The van der Waals surface area contributed by atoms with E-state index in [2.05, 4.69) is 15.3 Å². The molecule has 0 aliphatic heterocycles. The van der Waals surface area contributed by atoms with Crippen molar-refractivity contribution in [3.63, 3.8) is 0 Å². The summed E-state index contributed by atoms with van der Waals surface area (Å²) in [5.74, 6) is -1.08. The van der Waals surface area contributed by atoms with Crippen LogP contribution in [0.5, 0.6) is 0 Å². The van der Waals surface area contributed by atoms with Crippen molar-refractivity contribution in [2.45, 2.75) is 25.6 Å². The first-order valence-electron chi connectivity index (χ1n) is 5.72. The van der Waals surface area contributed by atoms with Gasteiger partial charge in [-0.2, -0.15) is 0 Å². The summed E-state index contributed by atoms with van der Waals surface area (Å²) in [7, 11) is 0. The van der Waals surface area contributed by atoms with Gasteiger partial charge in [-0.25, -0.2) is 9.97 Å². The van der Waals surface area contributed by atoms with Crippen LogP contribution in [0.25, 0.3) is 0 Å². The van der Waals surface area contributed by atoms with Crippen LogP contribution >= 0.6 is 11.3 Å². The molecule has 0 aromatic carbocycles. The second kappa shape index (κ2) is 5.81. The highest BCUT2D eigenvalue weighted by Crippen LogP contribution is 2.20. The number of carboxylic acids is 1. The molecule has 0 spiro atoms. The van der Waals surface area contributed by atoms with E-state index in [1.165, 1.54) is 11.3 Å². The molecule has 0 fully saturated rings. The van der Waals surface area contributed by atoms with Crippen LogP contribution in [-0.4, -0.2) is 31.7 Å². The molecule has 8 heteroatoms. The Kier molecular flexibility index (Phi) is 4.13. The summed E-state index contributed by atoms with van der Waals surface area (Å²) in [6, 6.07) is -0.926. The third-order valence-electron chi connectivity index (χ3n) is 2.52. The molecular weight excluding hydrogens is 266 g/mol. The number of aromatic nitrogens is 3. The number of nitrogens with zero attached hydrogens (tertiary/aromatic N) is 3. The van der Waals surface area contributed by atoms with Crippen LogP contribution in [0, 0.1) is 0 Å². The molecule has 0 radical (unpaired) electrons. The number of rotatable bonds is 6. The Morgan fingerprint density at radius 3 is 3.11 bits per heavy atom. The van der Waals surface area contributed by atoms with Gasteiger partial charge in [-0.05, 0) is 6.92 Å². The number of thiazole rings is 1. The summed E-state index contributed by atoms with van der Waals surface area (Å²) < 4.78 is 1.95. The zero-order valence-corrected chi connectivity index (χ0v) is 11.2. The Labute approximate surface area is 114 Å². The Balaban J connectivity index is 1.94. The van der Waals surface area contributed by atoms with Crippen LogP contribution in [0.1, 0.15) is 18.7 Å². The Morgan fingerprint density at radius 2 is 2.47 bits per heavy atom. The number of hydrogen-bond acceptors (Lipinski definition) is 6. The van der Waals surface area contributed by atoms with E-state index in [0.29, 0.717) is 10.8 Å². The van der Waals surface area contributed by atoms with Crippen LogP contribution in [-0.2, 0) is 11.3 Å². The summed E-state index contributed by atoms with van der Waals surface area (Å²) in [6.07, 6.45) is 5.34. The SMILES string of the molecule is CC(Cn1ccnc1)Nc1nc(C(N)C(=O)O)cs1. The van der Waals surface area contributed by atoms with Gasteiger partial charge in [-0.1, -0.05) is 0 Å². The molecule has 7 nitrogen and oxygen atoms in total. The van der Waals surface area contributed by atoms with Gasteiger partial charge in [0.1, 0.15) is 6.04 Å². The molecule has 0 bridgehead atoms. The van der Waals surface area contributed by atoms with Crippen LogP contribution in [0.4, 0.5) is 5.13 Å². The van der Waals surface area contributed by atoms with Crippen LogP contribution < -0.4 is 11.1 Å². The minimum Gasteiger partial charge on any atom is -0.480 e. The second-order valence-electron chi connectivity index (χ2n) is 4.20. The van der Waals surface area contributed by atoms with Crippen molar-refractivity contribution in [2.75, 3.05) is 5.32 Å². The summed E-state index contributed by atoms with van der Waals surface area (Å²) >= 11 is 1.35. The molecule has 0 aliphatic carbocycles. The topological polar surface area (TPSA) is 106 Å². The van der Waals surface area contributed by atoms with Gasteiger partial charge in [-0.15, -0.1) is 11.3 Å². The maximum atomic E-state index is 10.8. The zero-order chi connectivity index (χ0) is 13.8. The van der Waals surface area contributed by atoms with E-state index >= 15 is 0 Å². The summed E-state index contributed by atoms with van der Waals surface area (Å²) in [6.45, 7) is 2.76. The van der Waals surface area contributed by atoms with Gasteiger partial charge in [0.2, 0.25) is 0 Å².